The smallest absolute Gasteiger partial charge is 0.238 e. The molecule has 0 saturated carbocycles. The summed E-state index contributed by atoms with van der Waals surface area (Å²) < 4.78 is 51.1. The van der Waals surface area contributed by atoms with Crippen LogP contribution in [0.3, 0.4) is 0 Å². The Morgan fingerprint density at radius 2 is 1.75 bits per heavy atom. The zero-order valence-electron chi connectivity index (χ0n) is 11.4. The quantitative estimate of drug-likeness (QED) is 0.847. The van der Waals surface area contributed by atoms with Crippen molar-refractivity contribution in [3.8, 4) is 0 Å². The monoisotopic (exact) mass is 306 g/mol. The Kier molecular flexibility index (Phi) is 4.69. The van der Waals surface area contributed by atoms with E-state index in [1.807, 2.05) is 0 Å². The summed E-state index contributed by atoms with van der Waals surface area (Å²) in [4.78, 5) is 11.8. The SMILES string of the molecule is CC(C)N(C)C(=O)CS(=O)(=O)c1c(F)cc(N)cc1F. The highest BCUT2D eigenvalue weighted by Gasteiger charge is 2.29. The maximum atomic E-state index is 13.6. The summed E-state index contributed by atoms with van der Waals surface area (Å²) in [5.74, 6) is -4.35. The van der Waals surface area contributed by atoms with Crippen LogP contribution in [0.5, 0.6) is 0 Å². The lowest BCUT2D eigenvalue weighted by atomic mass is 10.3. The van der Waals surface area contributed by atoms with Crippen LogP contribution < -0.4 is 5.73 Å². The Hall–Kier alpha value is -1.70. The summed E-state index contributed by atoms with van der Waals surface area (Å²) in [6.45, 7) is 3.38. The molecule has 5 nitrogen and oxygen atoms in total. The molecule has 0 aliphatic carbocycles. The Bertz CT molecular complexity index is 607. The average molecular weight is 306 g/mol. The van der Waals surface area contributed by atoms with Crippen LogP contribution in [0.1, 0.15) is 13.8 Å². The molecule has 1 aromatic rings. The molecule has 0 heterocycles. The molecule has 1 rings (SSSR count). The topological polar surface area (TPSA) is 80.5 Å². The van der Waals surface area contributed by atoms with Gasteiger partial charge in [-0.15, -0.1) is 0 Å². The van der Waals surface area contributed by atoms with Gasteiger partial charge in [-0.3, -0.25) is 4.79 Å². The first-order valence-electron chi connectivity index (χ1n) is 5.79. The molecular formula is C12H16F2N2O3S. The van der Waals surface area contributed by atoms with Crippen molar-refractivity contribution < 1.29 is 22.0 Å². The number of hydrogen-bond acceptors (Lipinski definition) is 4. The molecule has 0 unspecified atom stereocenters. The van der Waals surface area contributed by atoms with Crippen molar-refractivity contribution in [3.05, 3.63) is 23.8 Å². The second-order valence-electron chi connectivity index (χ2n) is 4.67. The number of rotatable bonds is 4. The van der Waals surface area contributed by atoms with E-state index in [1.165, 1.54) is 11.9 Å². The highest BCUT2D eigenvalue weighted by Crippen LogP contribution is 2.23. The van der Waals surface area contributed by atoms with E-state index in [2.05, 4.69) is 0 Å². The van der Waals surface area contributed by atoms with Gasteiger partial charge in [-0.2, -0.15) is 0 Å². The summed E-state index contributed by atoms with van der Waals surface area (Å²) in [7, 11) is -3.00. The van der Waals surface area contributed by atoms with Gasteiger partial charge in [0.25, 0.3) is 0 Å². The minimum absolute atomic E-state index is 0.223. The first-order chi connectivity index (χ1) is 9.06. The maximum Gasteiger partial charge on any atom is 0.238 e. The van der Waals surface area contributed by atoms with E-state index in [0.29, 0.717) is 12.1 Å². The number of nitrogens with two attached hydrogens (primary N) is 1. The average Bonchev–Trinajstić information content (AvgIpc) is 2.24. The minimum atomic E-state index is -4.41. The van der Waals surface area contributed by atoms with Crippen molar-refractivity contribution in [2.24, 2.45) is 0 Å². The summed E-state index contributed by atoms with van der Waals surface area (Å²) in [6, 6.07) is 1.18. The molecule has 8 heteroatoms. The standard InChI is InChI=1S/C12H16F2N2O3S/c1-7(2)16(3)11(17)6-20(18,19)12-9(13)4-8(15)5-10(12)14/h4-5,7H,6,15H2,1-3H3. The molecule has 0 aliphatic heterocycles. The number of benzene rings is 1. The van der Waals surface area contributed by atoms with Gasteiger partial charge in [0.15, 0.2) is 9.84 Å². The predicted molar refractivity (Wildman–Crippen MR) is 70.7 cm³/mol. The van der Waals surface area contributed by atoms with Crippen molar-refractivity contribution in [3.63, 3.8) is 0 Å². The zero-order valence-corrected chi connectivity index (χ0v) is 12.2. The Morgan fingerprint density at radius 1 is 1.30 bits per heavy atom. The van der Waals surface area contributed by atoms with Gasteiger partial charge in [-0.05, 0) is 26.0 Å². The minimum Gasteiger partial charge on any atom is -0.399 e. The lowest BCUT2D eigenvalue weighted by molar-refractivity contribution is -0.128. The largest absolute Gasteiger partial charge is 0.399 e. The zero-order chi connectivity index (χ0) is 15.7. The van der Waals surface area contributed by atoms with Gasteiger partial charge in [0, 0.05) is 18.8 Å². The fourth-order valence-electron chi connectivity index (χ4n) is 1.50. The third-order valence-corrected chi connectivity index (χ3v) is 4.45. The fourth-order valence-corrected chi connectivity index (χ4v) is 2.89. The van der Waals surface area contributed by atoms with Crippen molar-refractivity contribution in [1.29, 1.82) is 0 Å². The van der Waals surface area contributed by atoms with Gasteiger partial charge in [-0.25, -0.2) is 17.2 Å². The molecule has 0 spiro atoms. The highest BCUT2D eigenvalue weighted by atomic mass is 32.2. The van der Waals surface area contributed by atoms with Crippen LogP contribution in [-0.2, 0) is 14.6 Å². The third kappa shape index (κ3) is 3.44. The number of halogens is 2. The Balaban J connectivity index is 3.16. The van der Waals surface area contributed by atoms with Crippen LogP contribution in [0.15, 0.2) is 17.0 Å². The van der Waals surface area contributed by atoms with E-state index < -0.39 is 38.0 Å². The summed E-state index contributed by atoms with van der Waals surface area (Å²) >= 11 is 0. The van der Waals surface area contributed by atoms with Crippen LogP contribution in [0, 0.1) is 11.6 Å². The molecule has 1 aromatic carbocycles. The Morgan fingerprint density at radius 3 is 2.15 bits per heavy atom. The molecule has 0 bridgehead atoms. The third-order valence-electron chi connectivity index (χ3n) is 2.81. The second kappa shape index (κ2) is 5.74. The van der Waals surface area contributed by atoms with Crippen molar-refractivity contribution in [2.45, 2.75) is 24.8 Å². The van der Waals surface area contributed by atoms with E-state index in [9.17, 15) is 22.0 Å². The summed E-state index contributed by atoms with van der Waals surface area (Å²) in [6.07, 6.45) is 0. The van der Waals surface area contributed by atoms with Gasteiger partial charge in [0.1, 0.15) is 22.3 Å². The van der Waals surface area contributed by atoms with E-state index in [0.717, 1.165) is 0 Å². The number of nitrogen functional groups attached to an aromatic ring is 1. The normalized spacial score (nSPS) is 11.7. The number of carbonyl (C=O) groups excluding carboxylic acids is 1. The molecule has 20 heavy (non-hydrogen) atoms. The molecular weight excluding hydrogens is 290 g/mol. The molecule has 1 amide bonds. The molecule has 0 aliphatic rings. The van der Waals surface area contributed by atoms with Crippen LogP contribution in [-0.4, -0.2) is 38.1 Å². The fraction of sp³-hybridized carbons (Fsp3) is 0.417. The van der Waals surface area contributed by atoms with E-state index >= 15 is 0 Å². The molecule has 0 radical (unpaired) electrons. The van der Waals surface area contributed by atoms with E-state index in [-0.39, 0.29) is 11.7 Å². The van der Waals surface area contributed by atoms with Gasteiger partial charge in [0.2, 0.25) is 5.91 Å². The number of hydrogen-bond donors (Lipinski definition) is 1. The number of sulfone groups is 1. The van der Waals surface area contributed by atoms with Gasteiger partial charge < -0.3 is 10.6 Å². The van der Waals surface area contributed by atoms with E-state index in [4.69, 9.17) is 5.73 Å². The highest BCUT2D eigenvalue weighted by molar-refractivity contribution is 7.92. The first-order valence-corrected chi connectivity index (χ1v) is 7.44. The molecule has 112 valence electrons. The maximum absolute atomic E-state index is 13.6. The predicted octanol–water partition coefficient (Wildman–Crippen LogP) is 1.19. The van der Waals surface area contributed by atoms with Crippen LogP contribution in [0.25, 0.3) is 0 Å². The van der Waals surface area contributed by atoms with Crippen LogP contribution in [0.2, 0.25) is 0 Å². The van der Waals surface area contributed by atoms with Crippen LogP contribution >= 0.6 is 0 Å². The number of carbonyl (C=O) groups is 1. The second-order valence-corrected chi connectivity index (χ2v) is 6.60. The molecule has 0 aromatic heterocycles. The number of amides is 1. The van der Waals surface area contributed by atoms with Crippen molar-refractivity contribution in [2.75, 3.05) is 18.5 Å². The molecule has 0 saturated heterocycles. The molecule has 2 N–H and O–H groups in total. The Labute approximate surface area is 116 Å². The van der Waals surface area contributed by atoms with Crippen molar-refractivity contribution >= 4 is 21.4 Å². The van der Waals surface area contributed by atoms with Crippen LogP contribution in [0.4, 0.5) is 14.5 Å². The molecule has 0 fully saturated rings. The lowest BCUT2D eigenvalue weighted by Gasteiger charge is -2.21. The summed E-state index contributed by atoms with van der Waals surface area (Å²) in [5.41, 5.74) is 4.98. The number of nitrogens with zero attached hydrogens (tertiary/aromatic N) is 1. The first kappa shape index (κ1) is 16.4. The molecule has 0 atom stereocenters. The van der Waals surface area contributed by atoms with Gasteiger partial charge in [0.05, 0.1) is 0 Å². The van der Waals surface area contributed by atoms with Crippen molar-refractivity contribution in [1.82, 2.24) is 4.90 Å². The van der Waals surface area contributed by atoms with Gasteiger partial charge >= 0.3 is 0 Å². The lowest BCUT2D eigenvalue weighted by Crippen LogP contribution is -2.37. The summed E-state index contributed by atoms with van der Waals surface area (Å²) in [5, 5.41) is 0. The number of anilines is 1. The van der Waals surface area contributed by atoms with E-state index in [1.54, 1.807) is 13.8 Å². The van der Waals surface area contributed by atoms with Gasteiger partial charge in [-0.1, -0.05) is 0 Å².